The Balaban J connectivity index is 1.44. The summed E-state index contributed by atoms with van der Waals surface area (Å²) in [4.78, 5) is 14.3. The first kappa shape index (κ1) is 14.9. The highest BCUT2D eigenvalue weighted by atomic mass is 32.2. The van der Waals surface area contributed by atoms with Crippen molar-refractivity contribution in [1.29, 1.82) is 0 Å². The van der Waals surface area contributed by atoms with Crippen molar-refractivity contribution in [2.45, 2.75) is 63.5 Å². The van der Waals surface area contributed by atoms with E-state index in [1.165, 1.54) is 6.42 Å². The van der Waals surface area contributed by atoms with Gasteiger partial charge in [0, 0.05) is 31.6 Å². The molecule has 6 heteroatoms. The lowest BCUT2D eigenvalue weighted by Gasteiger charge is -2.47. The zero-order valence-electron chi connectivity index (χ0n) is 13.1. The summed E-state index contributed by atoms with van der Waals surface area (Å²) in [6.45, 7) is 1.24. The van der Waals surface area contributed by atoms with Gasteiger partial charge in [-0.15, -0.1) is 0 Å². The van der Waals surface area contributed by atoms with E-state index in [0.29, 0.717) is 55.1 Å². The van der Waals surface area contributed by atoms with Crippen LogP contribution < -0.4 is 0 Å². The Hall–Kier alpha value is -0.620. The van der Waals surface area contributed by atoms with Gasteiger partial charge in [-0.1, -0.05) is 6.42 Å². The minimum atomic E-state index is -3.10. The van der Waals surface area contributed by atoms with Crippen molar-refractivity contribution in [3.05, 3.63) is 0 Å². The van der Waals surface area contributed by atoms with Gasteiger partial charge in [0.1, 0.15) is 0 Å². The molecule has 4 rings (SSSR count). The van der Waals surface area contributed by atoms with Crippen molar-refractivity contribution in [3.8, 4) is 0 Å². The van der Waals surface area contributed by atoms with Crippen molar-refractivity contribution in [1.82, 2.24) is 9.21 Å². The molecule has 22 heavy (non-hydrogen) atoms. The number of rotatable bonds is 4. The van der Waals surface area contributed by atoms with Gasteiger partial charge in [-0.25, -0.2) is 12.7 Å². The number of nitrogens with zero attached hydrogens (tertiary/aromatic N) is 2. The Labute approximate surface area is 133 Å². The zero-order chi connectivity index (χ0) is 15.3. The summed E-state index contributed by atoms with van der Waals surface area (Å²) in [7, 11) is -3.10. The minimum Gasteiger partial charge on any atom is -0.336 e. The average Bonchev–Trinajstić information content (AvgIpc) is 3.27. The van der Waals surface area contributed by atoms with Crippen molar-refractivity contribution in [2.24, 2.45) is 11.8 Å². The Bertz CT molecular complexity index is 554. The number of carbonyl (C=O) groups is 1. The van der Waals surface area contributed by atoms with Crippen LogP contribution in [0.4, 0.5) is 0 Å². The molecule has 0 N–H and O–H groups in total. The molecule has 124 valence electrons. The van der Waals surface area contributed by atoms with Crippen molar-refractivity contribution < 1.29 is 13.2 Å². The number of likely N-dealkylation sites (tertiary alicyclic amines) is 1. The van der Waals surface area contributed by atoms with E-state index < -0.39 is 10.0 Å². The van der Waals surface area contributed by atoms with Gasteiger partial charge in [0.2, 0.25) is 15.9 Å². The number of fused-ring (bicyclic) bond motifs is 1. The number of piperidine rings is 2. The molecule has 2 aliphatic heterocycles. The summed E-state index contributed by atoms with van der Waals surface area (Å²) in [5.74, 6) is 1.38. The molecular formula is C16H26N2O3S. The van der Waals surface area contributed by atoms with Crippen molar-refractivity contribution in [3.63, 3.8) is 0 Å². The summed E-state index contributed by atoms with van der Waals surface area (Å²) in [5, 5.41) is 0. The van der Waals surface area contributed by atoms with Gasteiger partial charge in [-0.05, 0) is 50.4 Å². The minimum absolute atomic E-state index is 0.295. The number of amides is 1. The van der Waals surface area contributed by atoms with E-state index in [0.717, 1.165) is 38.5 Å². The standard InChI is InChI=1S/C16H26N2O3S/c19-16-7-4-13-10-17(22(20,21)11-12-2-1-3-12)9-8-15(13)18(16)14-5-6-14/h12-15H,1-11H2/t13-,15+/m1/s1. The Morgan fingerprint density at radius 3 is 2.45 bits per heavy atom. The zero-order valence-corrected chi connectivity index (χ0v) is 13.9. The highest BCUT2D eigenvalue weighted by Crippen LogP contribution is 2.39. The number of hydrogen-bond acceptors (Lipinski definition) is 3. The molecule has 2 atom stereocenters. The van der Waals surface area contributed by atoms with Crippen LogP contribution in [0.2, 0.25) is 0 Å². The molecule has 2 saturated carbocycles. The van der Waals surface area contributed by atoms with Crippen LogP contribution >= 0.6 is 0 Å². The maximum atomic E-state index is 12.6. The van der Waals surface area contributed by atoms with Crippen LogP contribution in [-0.4, -0.2) is 54.5 Å². The maximum absolute atomic E-state index is 12.6. The van der Waals surface area contributed by atoms with Crippen molar-refractivity contribution >= 4 is 15.9 Å². The molecule has 1 amide bonds. The van der Waals surface area contributed by atoms with E-state index in [9.17, 15) is 13.2 Å². The fourth-order valence-electron chi connectivity index (χ4n) is 4.40. The van der Waals surface area contributed by atoms with Gasteiger partial charge in [0.05, 0.1) is 5.75 Å². The fraction of sp³-hybridized carbons (Fsp3) is 0.938. The van der Waals surface area contributed by atoms with E-state index in [1.807, 2.05) is 0 Å². The van der Waals surface area contributed by atoms with Crippen LogP contribution in [0.1, 0.15) is 51.4 Å². The summed E-state index contributed by atoms with van der Waals surface area (Å²) < 4.78 is 26.9. The Kier molecular flexibility index (Phi) is 3.72. The maximum Gasteiger partial charge on any atom is 0.223 e. The first-order valence-corrected chi connectivity index (χ1v) is 10.4. The van der Waals surface area contributed by atoms with Crippen LogP contribution in [-0.2, 0) is 14.8 Å². The molecule has 0 aromatic heterocycles. The molecular weight excluding hydrogens is 300 g/mol. The first-order valence-electron chi connectivity index (χ1n) is 8.83. The van der Waals surface area contributed by atoms with Crippen LogP contribution in [0, 0.1) is 11.8 Å². The van der Waals surface area contributed by atoms with E-state index in [4.69, 9.17) is 0 Å². The monoisotopic (exact) mass is 326 g/mol. The van der Waals surface area contributed by atoms with Gasteiger partial charge in [-0.3, -0.25) is 4.79 Å². The van der Waals surface area contributed by atoms with Gasteiger partial charge >= 0.3 is 0 Å². The van der Waals surface area contributed by atoms with Crippen LogP contribution in [0.15, 0.2) is 0 Å². The summed E-state index contributed by atoms with van der Waals surface area (Å²) in [5.41, 5.74) is 0. The van der Waals surface area contributed by atoms with Gasteiger partial charge < -0.3 is 4.90 Å². The van der Waals surface area contributed by atoms with Crippen LogP contribution in [0.25, 0.3) is 0 Å². The predicted octanol–water partition coefficient (Wildman–Crippen LogP) is 1.59. The third-order valence-electron chi connectivity index (χ3n) is 6.04. The summed E-state index contributed by atoms with van der Waals surface area (Å²) in [6, 6.07) is 0.752. The van der Waals surface area contributed by atoms with E-state index in [-0.39, 0.29) is 0 Å². The second-order valence-corrected chi connectivity index (χ2v) is 9.63. The lowest BCUT2D eigenvalue weighted by Crippen LogP contribution is -2.57. The Morgan fingerprint density at radius 1 is 1.05 bits per heavy atom. The third kappa shape index (κ3) is 2.68. The third-order valence-corrected chi connectivity index (χ3v) is 8.05. The molecule has 0 aromatic rings. The number of sulfonamides is 1. The molecule has 4 aliphatic rings. The second kappa shape index (κ2) is 5.48. The van der Waals surface area contributed by atoms with Gasteiger partial charge in [0.25, 0.3) is 0 Å². The quantitative estimate of drug-likeness (QED) is 0.788. The highest BCUT2D eigenvalue weighted by Gasteiger charge is 2.46. The van der Waals surface area contributed by atoms with Crippen LogP contribution in [0.5, 0.6) is 0 Å². The average molecular weight is 326 g/mol. The molecule has 0 spiro atoms. The molecule has 2 aliphatic carbocycles. The molecule has 5 nitrogen and oxygen atoms in total. The summed E-state index contributed by atoms with van der Waals surface area (Å²) >= 11 is 0. The molecule has 2 saturated heterocycles. The first-order chi connectivity index (χ1) is 10.5. The van der Waals surface area contributed by atoms with Crippen molar-refractivity contribution in [2.75, 3.05) is 18.8 Å². The largest absolute Gasteiger partial charge is 0.336 e. The SMILES string of the molecule is O=C1CC[C@@H]2CN(S(=O)(=O)CC3CCC3)CC[C@@H]2N1C1CC1. The molecule has 0 unspecified atom stereocenters. The molecule has 2 heterocycles. The molecule has 0 aromatic carbocycles. The molecule has 4 fully saturated rings. The normalized spacial score (nSPS) is 34.4. The Morgan fingerprint density at radius 2 is 1.82 bits per heavy atom. The lowest BCUT2D eigenvalue weighted by atomic mass is 9.84. The highest BCUT2D eigenvalue weighted by molar-refractivity contribution is 7.89. The number of hydrogen-bond donors (Lipinski definition) is 0. The van der Waals surface area contributed by atoms with Gasteiger partial charge in [-0.2, -0.15) is 0 Å². The molecule has 0 bridgehead atoms. The van der Waals surface area contributed by atoms with Crippen LogP contribution in [0.3, 0.4) is 0 Å². The second-order valence-electron chi connectivity index (χ2n) is 7.62. The lowest BCUT2D eigenvalue weighted by molar-refractivity contribution is -0.141. The van der Waals surface area contributed by atoms with E-state index in [1.54, 1.807) is 4.31 Å². The van der Waals surface area contributed by atoms with E-state index in [2.05, 4.69) is 4.90 Å². The smallest absolute Gasteiger partial charge is 0.223 e. The predicted molar refractivity (Wildman–Crippen MR) is 83.7 cm³/mol. The topological polar surface area (TPSA) is 57.7 Å². The van der Waals surface area contributed by atoms with E-state index >= 15 is 0 Å². The summed E-state index contributed by atoms with van der Waals surface area (Å²) in [6.07, 6.45) is 7.90. The number of carbonyl (C=O) groups excluding carboxylic acids is 1. The fourth-order valence-corrected chi connectivity index (χ4v) is 6.34. The van der Waals surface area contributed by atoms with Gasteiger partial charge in [0.15, 0.2) is 0 Å². The molecule has 0 radical (unpaired) electrons.